The number of carbonyl (C=O) groups excluding carboxylic acids is 1. The molecule has 0 bridgehead atoms. The Balaban J connectivity index is 2.05. The molecule has 2 heterocycles. The van der Waals surface area contributed by atoms with Crippen LogP contribution in [0.25, 0.3) is 0 Å². The molecule has 2 unspecified atom stereocenters. The Kier molecular flexibility index (Phi) is 3.78. The van der Waals surface area contributed by atoms with Crippen LogP contribution in [0.15, 0.2) is 0 Å². The van der Waals surface area contributed by atoms with Gasteiger partial charge in [0.25, 0.3) is 0 Å². The van der Waals surface area contributed by atoms with Crippen molar-refractivity contribution in [3.63, 3.8) is 0 Å². The normalized spacial score (nSPS) is 33.1. The van der Waals surface area contributed by atoms with Crippen LogP contribution in [0.1, 0.15) is 12.8 Å². The molecular formula is C11H20N2O3. The third kappa shape index (κ3) is 2.36. The highest BCUT2D eigenvalue weighted by molar-refractivity contribution is 5.78. The molecule has 0 spiro atoms. The maximum Gasteiger partial charge on any atom is 0.249 e. The summed E-state index contributed by atoms with van der Waals surface area (Å²) in [6.07, 6.45) is 2.15. The number of amides is 1. The Morgan fingerprint density at radius 2 is 2.38 bits per heavy atom. The summed E-state index contributed by atoms with van der Waals surface area (Å²) in [6, 6.07) is 0.0880. The molecule has 2 fully saturated rings. The van der Waals surface area contributed by atoms with Gasteiger partial charge >= 0.3 is 0 Å². The van der Waals surface area contributed by atoms with Crippen LogP contribution in [0.4, 0.5) is 0 Å². The number of rotatable bonds is 2. The van der Waals surface area contributed by atoms with Crippen molar-refractivity contribution >= 4 is 5.91 Å². The first kappa shape index (κ1) is 11.8. The number of morpholine rings is 1. The van der Waals surface area contributed by atoms with Crippen molar-refractivity contribution in [1.29, 1.82) is 0 Å². The highest BCUT2D eigenvalue weighted by atomic mass is 16.5. The number of piperidine rings is 1. The molecule has 5 heteroatoms. The van der Waals surface area contributed by atoms with E-state index >= 15 is 0 Å². The van der Waals surface area contributed by atoms with Gasteiger partial charge in [0, 0.05) is 12.6 Å². The summed E-state index contributed by atoms with van der Waals surface area (Å²) < 4.78 is 5.17. The molecule has 2 atom stereocenters. The van der Waals surface area contributed by atoms with E-state index < -0.39 is 0 Å². The summed E-state index contributed by atoms with van der Waals surface area (Å²) in [7, 11) is 2.07. The Hall–Kier alpha value is -0.650. The molecule has 0 saturated carbocycles. The Bertz CT molecular complexity index is 260. The van der Waals surface area contributed by atoms with Gasteiger partial charge < -0.3 is 19.6 Å². The van der Waals surface area contributed by atoms with Crippen LogP contribution in [-0.4, -0.2) is 72.9 Å². The van der Waals surface area contributed by atoms with Crippen LogP contribution in [0.2, 0.25) is 0 Å². The van der Waals surface area contributed by atoms with Gasteiger partial charge in [-0.3, -0.25) is 4.79 Å². The SMILES string of the molecule is CN1CCCC(N2C(=O)COCC2CO)C1. The second-order valence-corrected chi connectivity index (χ2v) is 4.71. The topological polar surface area (TPSA) is 53.0 Å². The summed E-state index contributed by atoms with van der Waals surface area (Å²) in [5, 5.41) is 9.29. The van der Waals surface area contributed by atoms with E-state index in [4.69, 9.17) is 4.74 Å². The molecule has 2 aliphatic rings. The summed E-state index contributed by atoms with van der Waals surface area (Å²) in [6.45, 7) is 2.62. The second kappa shape index (κ2) is 5.12. The molecule has 16 heavy (non-hydrogen) atoms. The van der Waals surface area contributed by atoms with Crippen LogP contribution in [0, 0.1) is 0 Å². The van der Waals surface area contributed by atoms with Gasteiger partial charge in [-0.05, 0) is 26.4 Å². The number of aliphatic hydroxyl groups excluding tert-OH is 1. The average Bonchev–Trinajstić information content (AvgIpc) is 2.28. The van der Waals surface area contributed by atoms with Crippen LogP contribution in [0.3, 0.4) is 0 Å². The van der Waals surface area contributed by atoms with Crippen molar-refractivity contribution in [1.82, 2.24) is 9.80 Å². The molecule has 1 amide bonds. The number of likely N-dealkylation sites (tertiary alicyclic amines) is 1. The molecule has 2 aliphatic heterocycles. The fourth-order valence-corrected chi connectivity index (χ4v) is 2.65. The number of hydrogen-bond donors (Lipinski definition) is 1. The van der Waals surface area contributed by atoms with Crippen molar-refractivity contribution in [3.8, 4) is 0 Å². The third-order valence-corrected chi connectivity index (χ3v) is 3.42. The van der Waals surface area contributed by atoms with E-state index in [0.717, 1.165) is 25.9 Å². The lowest BCUT2D eigenvalue weighted by Crippen LogP contribution is -2.59. The maximum atomic E-state index is 11.8. The van der Waals surface area contributed by atoms with Gasteiger partial charge in [0.1, 0.15) is 6.61 Å². The summed E-state index contributed by atoms with van der Waals surface area (Å²) in [5.74, 6) is 0.0191. The van der Waals surface area contributed by atoms with E-state index in [-0.39, 0.29) is 31.2 Å². The third-order valence-electron chi connectivity index (χ3n) is 3.42. The molecule has 0 aromatic heterocycles. The zero-order valence-electron chi connectivity index (χ0n) is 9.76. The van der Waals surface area contributed by atoms with Gasteiger partial charge in [-0.15, -0.1) is 0 Å². The lowest BCUT2D eigenvalue weighted by molar-refractivity contribution is -0.155. The number of likely N-dealkylation sites (N-methyl/N-ethyl adjacent to an activating group) is 1. The van der Waals surface area contributed by atoms with Gasteiger partial charge in [0.05, 0.1) is 19.3 Å². The molecule has 1 N–H and O–H groups in total. The van der Waals surface area contributed by atoms with Gasteiger partial charge in [0.15, 0.2) is 0 Å². The first-order chi connectivity index (χ1) is 7.72. The predicted molar refractivity (Wildman–Crippen MR) is 59.1 cm³/mol. The van der Waals surface area contributed by atoms with Gasteiger partial charge in [-0.25, -0.2) is 0 Å². The fourth-order valence-electron chi connectivity index (χ4n) is 2.65. The van der Waals surface area contributed by atoms with E-state index in [1.807, 2.05) is 4.90 Å². The van der Waals surface area contributed by atoms with Crippen molar-refractivity contribution in [2.24, 2.45) is 0 Å². The van der Waals surface area contributed by atoms with Crippen LogP contribution in [0.5, 0.6) is 0 Å². The summed E-state index contributed by atoms with van der Waals surface area (Å²) in [5.41, 5.74) is 0. The van der Waals surface area contributed by atoms with E-state index in [1.165, 1.54) is 0 Å². The number of hydrogen-bond acceptors (Lipinski definition) is 4. The number of ether oxygens (including phenoxy) is 1. The molecule has 0 aromatic carbocycles. The maximum absolute atomic E-state index is 11.8. The van der Waals surface area contributed by atoms with Crippen molar-refractivity contribution < 1.29 is 14.6 Å². The molecule has 2 rings (SSSR count). The van der Waals surface area contributed by atoms with Gasteiger partial charge in [0.2, 0.25) is 5.91 Å². The Morgan fingerprint density at radius 1 is 1.56 bits per heavy atom. The number of carbonyl (C=O) groups is 1. The second-order valence-electron chi connectivity index (χ2n) is 4.71. The molecule has 2 saturated heterocycles. The van der Waals surface area contributed by atoms with E-state index in [0.29, 0.717) is 6.61 Å². The van der Waals surface area contributed by atoms with Crippen LogP contribution >= 0.6 is 0 Å². The van der Waals surface area contributed by atoms with E-state index in [1.54, 1.807) is 0 Å². The monoisotopic (exact) mass is 228 g/mol. The minimum absolute atomic E-state index is 0.00798. The first-order valence-electron chi connectivity index (χ1n) is 5.90. The number of aliphatic hydroxyl groups is 1. The molecule has 5 nitrogen and oxygen atoms in total. The van der Waals surface area contributed by atoms with Gasteiger partial charge in [-0.1, -0.05) is 0 Å². The van der Waals surface area contributed by atoms with E-state index in [9.17, 15) is 9.90 Å². The average molecular weight is 228 g/mol. The lowest BCUT2D eigenvalue weighted by Gasteiger charge is -2.43. The van der Waals surface area contributed by atoms with Crippen LogP contribution in [-0.2, 0) is 9.53 Å². The molecular weight excluding hydrogens is 208 g/mol. The van der Waals surface area contributed by atoms with Gasteiger partial charge in [-0.2, -0.15) is 0 Å². The zero-order chi connectivity index (χ0) is 11.5. The highest BCUT2D eigenvalue weighted by Gasteiger charge is 2.35. The number of nitrogens with zero attached hydrogens (tertiary/aromatic N) is 2. The minimum atomic E-state index is -0.155. The largest absolute Gasteiger partial charge is 0.394 e. The Morgan fingerprint density at radius 3 is 3.06 bits per heavy atom. The first-order valence-corrected chi connectivity index (χ1v) is 5.90. The van der Waals surface area contributed by atoms with Crippen molar-refractivity contribution in [3.05, 3.63) is 0 Å². The predicted octanol–water partition coefficient (Wildman–Crippen LogP) is -0.700. The molecule has 92 valence electrons. The highest BCUT2D eigenvalue weighted by Crippen LogP contribution is 2.20. The quantitative estimate of drug-likeness (QED) is 0.679. The summed E-state index contributed by atoms with van der Waals surface area (Å²) >= 11 is 0. The molecule has 0 radical (unpaired) electrons. The lowest BCUT2D eigenvalue weighted by atomic mass is 10.0. The van der Waals surface area contributed by atoms with Crippen molar-refractivity contribution in [2.45, 2.75) is 24.9 Å². The Labute approximate surface area is 96.0 Å². The minimum Gasteiger partial charge on any atom is -0.394 e. The molecule has 0 aromatic rings. The zero-order valence-corrected chi connectivity index (χ0v) is 9.76. The fraction of sp³-hybridized carbons (Fsp3) is 0.909. The standard InChI is InChI=1S/C11H20N2O3/c1-12-4-2-3-9(5-12)13-10(6-14)7-16-8-11(13)15/h9-10,14H,2-8H2,1H3. The summed E-state index contributed by atoms with van der Waals surface area (Å²) in [4.78, 5) is 15.9. The smallest absolute Gasteiger partial charge is 0.249 e. The molecule has 0 aliphatic carbocycles. The van der Waals surface area contributed by atoms with Crippen LogP contribution < -0.4 is 0 Å². The van der Waals surface area contributed by atoms with E-state index in [2.05, 4.69) is 11.9 Å². The van der Waals surface area contributed by atoms with Crippen molar-refractivity contribution in [2.75, 3.05) is 40.0 Å².